The van der Waals surface area contributed by atoms with Crippen LogP contribution in [0.1, 0.15) is 31.4 Å². The Kier molecular flexibility index (Phi) is 4.20. The third-order valence-electron chi connectivity index (χ3n) is 2.79. The number of pyridine rings is 1. The number of aromatic nitrogens is 1. The van der Waals surface area contributed by atoms with Crippen LogP contribution in [0.4, 0.5) is 13.2 Å². The molecule has 0 aromatic carbocycles. The molecule has 0 aliphatic heterocycles. The van der Waals surface area contributed by atoms with Crippen molar-refractivity contribution in [3.8, 4) is 11.8 Å². The van der Waals surface area contributed by atoms with Crippen molar-refractivity contribution in [3.63, 3.8) is 0 Å². The van der Waals surface area contributed by atoms with Crippen molar-refractivity contribution >= 4 is 11.8 Å². The highest BCUT2D eigenvalue weighted by Crippen LogP contribution is 2.41. The predicted molar refractivity (Wildman–Crippen MR) is 63.7 cm³/mol. The molecule has 1 fully saturated rings. The molecule has 0 amide bonds. The SMILES string of the molecule is N#Cc1nccc(OC(F)(F)F)c1SC1CCCC1. The molecule has 1 aliphatic carbocycles. The van der Waals surface area contributed by atoms with E-state index in [9.17, 15) is 13.2 Å². The maximum atomic E-state index is 12.3. The van der Waals surface area contributed by atoms with E-state index in [2.05, 4.69) is 9.72 Å². The summed E-state index contributed by atoms with van der Waals surface area (Å²) in [6, 6.07) is 2.96. The van der Waals surface area contributed by atoms with Gasteiger partial charge in [-0.15, -0.1) is 24.9 Å². The summed E-state index contributed by atoms with van der Waals surface area (Å²) in [7, 11) is 0. The molecular formula is C12H11F3N2OS. The summed E-state index contributed by atoms with van der Waals surface area (Å²) < 4.78 is 41.0. The van der Waals surface area contributed by atoms with Crippen molar-refractivity contribution in [2.75, 3.05) is 0 Å². The van der Waals surface area contributed by atoms with Gasteiger partial charge in [-0.05, 0) is 12.8 Å². The minimum Gasteiger partial charge on any atom is -0.404 e. The van der Waals surface area contributed by atoms with Crippen LogP contribution in [-0.2, 0) is 0 Å². The molecule has 7 heteroatoms. The van der Waals surface area contributed by atoms with Gasteiger partial charge in [-0.25, -0.2) is 4.98 Å². The lowest BCUT2D eigenvalue weighted by atomic mass is 10.3. The number of hydrogen-bond acceptors (Lipinski definition) is 4. The number of alkyl halides is 3. The van der Waals surface area contributed by atoms with Gasteiger partial charge in [0.25, 0.3) is 0 Å². The average molecular weight is 288 g/mol. The molecule has 2 rings (SSSR count). The Morgan fingerprint density at radius 3 is 2.63 bits per heavy atom. The first-order chi connectivity index (χ1) is 8.99. The lowest BCUT2D eigenvalue weighted by molar-refractivity contribution is -0.275. The van der Waals surface area contributed by atoms with E-state index >= 15 is 0 Å². The van der Waals surface area contributed by atoms with E-state index in [4.69, 9.17) is 5.26 Å². The maximum Gasteiger partial charge on any atom is 0.573 e. The Balaban J connectivity index is 2.28. The lowest BCUT2D eigenvalue weighted by Gasteiger charge is -2.15. The molecule has 0 saturated heterocycles. The Morgan fingerprint density at radius 1 is 1.37 bits per heavy atom. The molecule has 0 spiro atoms. The van der Waals surface area contributed by atoms with Gasteiger partial charge in [0, 0.05) is 17.5 Å². The van der Waals surface area contributed by atoms with Crippen molar-refractivity contribution in [2.24, 2.45) is 0 Å². The highest BCUT2D eigenvalue weighted by Gasteiger charge is 2.33. The highest BCUT2D eigenvalue weighted by atomic mass is 32.2. The van der Waals surface area contributed by atoms with Crippen LogP contribution >= 0.6 is 11.8 Å². The van der Waals surface area contributed by atoms with Crippen molar-refractivity contribution in [2.45, 2.75) is 42.2 Å². The fraction of sp³-hybridized carbons (Fsp3) is 0.500. The molecule has 1 aliphatic rings. The quantitative estimate of drug-likeness (QED) is 0.846. The first kappa shape index (κ1) is 14.0. The second-order valence-electron chi connectivity index (χ2n) is 4.17. The van der Waals surface area contributed by atoms with Gasteiger partial charge in [-0.3, -0.25) is 0 Å². The van der Waals surface area contributed by atoms with E-state index in [1.165, 1.54) is 11.8 Å². The fourth-order valence-electron chi connectivity index (χ4n) is 2.00. The third-order valence-corrected chi connectivity index (χ3v) is 4.22. The van der Waals surface area contributed by atoms with E-state index in [-0.39, 0.29) is 21.6 Å². The molecular weight excluding hydrogens is 277 g/mol. The van der Waals surface area contributed by atoms with Gasteiger partial charge in [0.2, 0.25) is 0 Å². The van der Waals surface area contributed by atoms with Crippen molar-refractivity contribution in [1.29, 1.82) is 5.26 Å². The van der Waals surface area contributed by atoms with Gasteiger partial charge < -0.3 is 4.74 Å². The van der Waals surface area contributed by atoms with E-state index in [1.807, 2.05) is 6.07 Å². The lowest BCUT2D eigenvalue weighted by Crippen LogP contribution is -2.18. The summed E-state index contributed by atoms with van der Waals surface area (Å²) in [6.45, 7) is 0. The maximum absolute atomic E-state index is 12.3. The summed E-state index contributed by atoms with van der Waals surface area (Å²) in [5, 5.41) is 9.18. The van der Waals surface area contributed by atoms with Gasteiger partial charge in [-0.2, -0.15) is 5.26 Å². The van der Waals surface area contributed by atoms with Crippen LogP contribution < -0.4 is 4.74 Å². The number of thioether (sulfide) groups is 1. The summed E-state index contributed by atoms with van der Waals surface area (Å²) in [5.41, 5.74) is -0.0151. The van der Waals surface area contributed by atoms with E-state index in [0.29, 0.717) is 0 Å². The van der Waals surface area contributed by atoms with Crippen LogP contribution in [0.2, 0.25) is 0 Å². The zero-order valence-corrected chi connectivity index (χ0v) is 10.7. The van der Waals surface area contributed by atoms with Gasteiger partial charge in [0.05, 0.1) is 4.90 Å². The average Bonchev–Trinajstić information content (AvgIpc) is 2.82. The molecule has 0 unspecified atom stereocenters. The Labute approximate surface area is 112 Å². The zero-order chi connectivity index (χ0) is 13.9. The van der Waals surface area contributed by atoms with Gasteiger partial charge in [0.15, 0.2) is 5.69 Å². The Bertz CT molecular complexity index is 493. The molecule has 0 bridgehead atoms. The molecule has 3 nitrogen and oxygen atoms in total. The van der Waals surface area contributed by atoms with Crippen LogP contribution in [0.5, 0.6) is 5.75 Å². The van der Waals surface area contributed by atoms with Gasteiger partial charge >= 0.3 is 6.36 Å². The summed E-state index contributed by atoms with van der Waals surface area (Å²) in [4.78, 5) is 3.99. The second-order valence-corrected chi connectivity index (χ2v) is 5.48. The number of ether oxygens (including phenoxy) is 1. The zero-order valence-electron chi connectivity index (χ0n) is 9.91. The number of nitriles is 1. The normalized spacial score (nSPS) is 16.3. The molecule has 1 saturated carbocycles. The standard InChI is InChI=1S/C12H11F3N2OS/c13-12(14,15)18-10-5-6-17-9(7-16)11(10)19-8-3-1-2-4-8/h5-6,8H,1-4H2. The minimum absolute atomic E-state index is 0.0151. The molecule has 1 aromatic heterocycles. The van der Waals surface area contributed by atoms with E-state index < -0.39 is 6.36 Å². The first-order valence-corrected chi connectivity index (χ1v) is 6.69. The van der Waals surface area contributed by atoms with Crippen LogP contribution in [0.15, 0.2) is 17.2 Å². The summed E-state index contributed by atoms with van der Waals surface area (Å²) in [5.74, 6) is -0.337. The minimum atomic E-state index is -4.76. The van der Waals surface area contributed by atoms with E-state index in [0.717, 1.165) is 37.9 Å². The molecule has 0 atom stereocenters. The second kappa shape index (κ2) is 5.70. The monoisotopic (exact) mass is 288 g/mol. The molecule has 1 aromatic rings. The predicted octanol–water partition coefficient (Wildman–Crippen LogP) is 3.89. The molecule has 0 N–H and O–H groups in total. The number of nitrogens with zero attached hydrogens (tertiary/aromatic N) is 2. The van der Waals surface area contributed by atoms with Crippen LogP contribution in [0.25, 0.3) is 0 Å². The molecule has 102 valence electrons. The first-order valence-electron chi connectivity index (χ1n) is 5.81. The third kappa shape index (κ3) is 3.77. The summed E-state index contributed by atoms with van der Waals surface area (Å²) >= 11 is 1.26. The fourth-order valence-corrected chi connectivity index (χ4v) is 3.34. The van der Waals surface area contributed by atoms with Gasteiger partial charge in [-0.1, -0.05) is 12.8 Å². The number of hydrogen-bond donors (Lipinski definition) is 0. The molecule has 1 heterocycles. The van der Waals surface area contributed by atoms with Crippen LogP contribution in [-0.4, -0.2) is 16.6 Å². The number of halogens is 3. The van der Waals surface area contributed by atoms with Crippen molar-refractivity contribution in [1.82, 2.24) is 4.98 Å². The van der Waals surface area contributed by atoms with Crippen LogP contribution in [0.3, 0.4) is 0 Å². The number of rotatable bonds is 3. The molecule has 0 radical (unpaired) electrons. The topological polar surface area (TPSA) is 45.9 Å². The van der Waals surface area contributed by atoms with Crippen molar-refractivity contribution < 1.29 is 17.9 Å². The van der Waals surface area contributed by atoms with Crippen molar-refractivity contribution in [3.05, 3.63) is 18.0 Å². The summed E-state index contributed by atoms with van der Waals surface area (Å²) in [6.07, 6.45) is 0.397. The highest BCUT2D eigenvalue weighted by molar-refractivity contribution is 8.00. The Hall–Kier alpha value is -1.42. The van der Waals surface area contributed by atoms with E-state index in [1.54, 1.807) is 0 Å². The van der Waals surface area contributed by atoms with Crippen LogP contribution in [0, 0.1) is 11.3 Å². The van der Waals surface area contributed by atoms with Gasteiger partial charge in [0.1, 0.15) is 11.8 Å². The smallest absolute Gasteiger partial charge is 0.404 e. The largest absolute Gasteiger partial charge is 0.573 e. The Morgan fingerprint density at radius 2 is 2.05 bits per heavy atom. The molecule has 19 heavy (non-hydrogen) atoms.